The van der Waals surface area contributed by atoms with E-state index in [1.165, 1.54) is 12.4 Å². The Kier molecular flexibility index (Phi) is 3.98. The van der Waals surface area contributed by atoms with Crippen molar-refractivity contribution in [3.8, 4) is 5.75 Å². The van der Waals surface area contributed by atoms with Crippen LogP contribution in [0.2, 0.25) is 0 Å². The molecule has 0 atom stereocenters. The maximum absolute atomic E-state index is 12.0. The molecule has 10 heteroatoms. The largest absolute Gasteiger partial charge is 0.485 e. The Morgan fingerprint density at radius 2 is 2.09 bits per heavy atom. The normalized spacial score (nSPS) is 11.3. The third-order valence-electron chi connectivity index (χ3n) is 2.83. The molecular weight excluding hydrogens is 322 g/mol. The fourth-order valence-corrected chi connectivity index (χ4v) is 2.73. The van der Waals surface area contributed by atoms with Gasteiger partial charge in [-0.3, -0.25) is 9.82 Å². The highest BCUT2D eigenvalue weighted by Crippen LogP contribution is 2.19. The van der Waals surface area contributed by atoms with Crippen LogP contribution in [0.4, 0.5) is 5.69 Å². The van der Waals surface area contributed by atoms with Crippen LogP contribution in [0.25, 0.3) is 0 Å². The first-order chi connectivity index (χ1) is 11.0. The average molecular weight is 335 g/mol. The Bertz CT molecular complexity index is 871. The van der Waals surface area contributed by atoms with E-state index in [0.29, 0.717) is 23.2 Å². The molecule has 0 bridgehead atoms. The second-order valence-corrected chi connectivity index (χ2v) is 6.26. The van der Waals surface area contributed by atoms with Crippen LogP contribution in [0.5, 0.6) is 5.75 Å². The summed E-state index contributed by atoms with van der Waals surface area (Å²) >= 11 is 0. The number of hydrogen-bond donors (Lipinski definition) is 2. The topological polar surface area (TPSA) is 123 Å². The van der Waals surface area contributed by atoms with Crippen molar-refractivity contribution in [2.24, 2.45) is 0 Å². The lowest BCUT2D eigenvalue weighted by Crippen LogP contribution is -2.12. The minimum Gasteiger partial charge on any atom is -0.485 e. The van der Waals surface area contributed by atoms with Crippen LogP contribution in [0.1, 0.15) is 11.7 Å². The smallest absolute Gasteiger partial charge is 0.265 e. The van der Waals surface area contributed by atoms with Crippen LogP contribution < -0.4 is 9.46 Å². The fourth-order valence-electron chi connectivity index (χ4n) is 1.77. The van der Waals surface area contributed by atoms with Crippen molar-refractivity contribution in [2.45, 2.75) is 18.4 Å². The van der Waals surface area contributed by atoms with Crippen LogP contribution >= 0.6 is 0 Å². The highest BCUT2D eigenvalue weighted by molar-refractivity contribution is 7.92. The number of aryl methyl sites for hydroxylation is 1. The van der Waals surface area contributed by atoms with Crippen LogP contribution in [0, 0.1) is 6.92 Å². The summed E-state index contributed by atoms with van der Waals surface area (Å²) in [4.78, 5) is 4.08. The second-order valence-electron chi connectivity index (χ2n) is 4.58. The quantitative estimate of drug-likeness (QED) is 0.699. The van der Waals surface area contributed by atoms with Gasteiger partial charge in [0.25, 0.3) is 10.0 Å². The zero-order valence-electron chi connectivity index (χ0n) is 12.1. The molecule has 0 saturated carbocycles. The van der Waals surface area contributed by atoms with Gasteiger partial charge in [0.05, 0.1) is 6.20 Å². The predicted molar refractivity (Wildman–Crippen MR) is 79.2 cm³/mol. The Morgan fingerprint density at radius 1 is 1.30 bits per heavy atom. The molecule has 2 heterocycles. The van der Waals surface area contributed by atoms with Gasteiger partial charge in [-0.2, -0.15) is 10.1 Å². The van der Waals surface area contributed by atoms with Crippen LogP contribution in [0.3, 0.4) is 0 Å². The Morgan fingerprint density at radius 3 is 2.70 bits per heavy atom. The summed E-state index contributed by atoms with van der Waals surface area (Å²) in [5, 5.41) is 9.79. The van der Waals surface area contributed by atoms with Gasteiger partial charge in [0.1, 0.15) is 10.6 Å². The van der Waals surface area contributed by atoms with Gasteiger partial charge in [0.15, 0.2) is 6.61 Å². The lowest BCUT2D eigenvalue weighted by Gasteiger charge is -2.07. The average Bonchev–Trinajstić information content (AvgIpc) is 3.18. The molecule has 0 amide bonds. The summed E-state index contributed by atoms with van der Waals surface area (Å²) in [7, 11) is -3.65. The van der Waals surface area contributed by atoms with E-state index in [-0.39, 0.29) is 11.5 Å². The zero-order chi connectivity index (χ0) is 16.3. The Balaban J connectivity index is 1.63. The molecule has 0 aliphatic heterocycles. The first-order valence-corrected chi connectivity index (χ1v) is 8.05. The number of H-pyrrole nitrogens is 1. The molecule has 2 N–H and O–H groups in total. The summed E-state index contributed by atoms with van der Waals surface area (Å²) in [6, 6.07) is 6.46. The number of nitrogens with zero attached hydrogens (tertiary/aromatic N) is 3. The summed E-state index contributed by atoms with van der Waals surface area (Å²) in [6.07, 6.45) is 2.53. The molecule has 0 radical (unpaired) electrons. The van der Waals surface area contributed by atoms with Gasteiger partial charge in [-0.1, -0.05) is 5.16 Å². The van der Waals surface area contributed by atoms with E-state index in [1.54, 1.807) is 31.2 Å². The van der Waals surface area contributed by atoms with Crippen molar-refractivity contribution < 1.29 is 17.7 Å². The van der Waals surface area contributed by atoms with Crippen LogP contribution in [-0.2, 0) is 16.6 Å². The summed E-state index contributed by atoms with van der Waals surface area (Å²) in [5.41, 5.74) is 0.411. The predicted octanol–water partition coefficient (Wildman–Crippen LogP) is 1.48. The third-order valence-corrected chi connectivity index (χ3v) is 4.18. The Labute approximate surface area is 131 Å². The number of anilines is 1. The molecule has 0 fully saturated rings. The van der Waals surface area contributed by atoms with E-state index >= 15 is 0 Å². The van der Waals surface area contributed by atoms with Crippen molar-refractivity contribution in [2.75, 3.05) is 4.72 Å². The molecular formula is C13H13N5O4S. The number of hydrogen-bond acceptors (Lipinski definition) is 7. The van der Waals surface area contributed by atoms with Gasteiger partial charge in [-0.15, -0.1) is 0 Å². The van der Waals surface area contributed by atoms with Gasteiger partial charge < -0.3 is 9.26 Å². The van der Waals surface area contributed by atoms with Gasteiger partial charge in [-0.25, -0.2) is 8.42 Å². The highest BCUT2D eigenvalue weighted by Gasteiger charge is 2.15. The number of aromatic amines is 1. The van der Waals surface area contributed by atoms with E-state index in [9.17, 15) is 8.42 Å². The van der Waals surface area contributed by atoms with E-state index in [1.807, 2.05) is 0 Å². The molecule has 0 aliphatic carbocycles. The van der Waals surface area contributed by atoms with Crippen LogP contribution in [-0.4, -0.2) is 28.8 Å². The number of nitrogens with one attached hydrogen (secondary N) is 2. The monoisotopic (exact) mass is 335 g/mol. The number of rotatable bonds is 6. The molecule has 3 aromatic rings. The highest BCUT2D eigenvalue weighted by atomic mass is 32.2. The summed E-state index contributed by atoms with van der Waals surface area (Å²) in [6.45, 7) is 1.86. The van der Waals surface area contributed by atoms with Gasteiger partial charge in [-0.05, 0) is 24.3 Å². The summed E-state index contributed by atoms with van der Waals surface area (Å²) < 4.78 is 36.8. The third kappa shape index (κ3) is 3.66. The van der Waals surface area contributed by atoms with Crippen LogP contribution in [0.15, 0.2) is 46.1 Å². The molecule has 0 spiro atoms. The van der Waals surface area contributed by atoms with E-state index < -0.39 is 10.0 Å². The molecule has 0 aliphatic rings. The molecule has 120 valence electrons. The molecule has 3 rings (SSSR count). The molecule has 0 saturated heterocycles. The molecule has 1 aromatic carbocycles. The number of aromatic nitrogens is 4. The number of sulfonamides is 1. The van der Waals surface area contributed by atoms with Crippen molar-refractivity contribution in [1.29, 1.82) is 0 Å². The minimum atomic E-state index is -3.65. The van der Waals surface area contributed by atoms with Gasteiger partial charge in [0.2, 0.25) is 11.7 Å². The Hall–Kier alpha value is -2.88. The van der Waals surface area contributed by atoms with Crippen molar-refractivity contribution in [1.82, 2.24) is 20.3 Å². The zero-order valence-corrected chi connectivity index (χ0v) is 12.9. The minimum absolute atomic E-state index is 0.0605. The lowest BCUT2D eigenvalue weighted by molar-refractivity contribution is 0.286. The molecule has 9 nitrogen and oxygen atoms in total. The standard InChI is InChI=1S/C13H13N5O4S/c1-9-16-13(17-22-9)8-21-11-4-2-10(3-5-11)18-23(19,20)12-6-14-15-7-12/h2-7,18H,8H2,1H3,(H,14,15). The molecule has 2 aromatic heterocycles. The number of benzene rings is 1. The van der Waals surface area contributed by atoms with E-state index in [2.05, 4.69) is 25.1 Å². The van der Waals surface area contributed by atoms with E-state index in [0.717, 1.165) is 0 Å². The van der Waals surface area contributed by atoms with Crippen molar-refractivity contribution >= 4 is 15.7 Å². The lowest BCUT2D eigenvalue weighted by atomic mass is 10.3. The second kappa shape index (κ2) is 6.08. The molecule has 23 heavy (non-hydrogen) atoms. The first kappa shape index (κ1) is 15.0. The van der Waals surface area contributed by atoms with Crippen molar-refractivity contribution in [3.05, 3.63) is 48.4 Å². The molecule has 0 unspecified atom stereocenters. The maximum Gasteiger partial charge on any atom is 0.265 e. The van der Waals surface area contributed by atoms with Gasteiger partial charge >= 0.3 is 0 Å². The van der Waals surface area contributed by atoms with Crippen molar-refractivity contribution in [3.63, 3.8) is 0 Å². The fraction of sp³-hybridized carbons (Fsp3) is 0.154. The van der Waals surface area contributed by atoms with E-state index in [4.69, 9.17) is 9.26 Å². The SMILES string of the molecule is Cc1nc(COc2ccc(NS(=O)(=O)c3cn[nH]c3)cc2)no1. The first-order valence-electron chi connectivity index (χ1n) is 6.56. The summed E-state index contributed by atoms with van der Waals surface area (Å²) in [5.74, 6) is 1.46. The van der Waals surface area contributed by atoms with Gasteiger partial charge in [0, 0.05) is 18.8 Å². The maximum atomic E-state index is 12.0. The number of ether oxygens (including phenoxy) is 1.